The van der Waals surface area contributed by atoms with Crippen molar-refractivity contribution in [2.24, 2.45) is 0 Å². The topological polar surface area (TPSA) is 83.4 Å². The molecule has 5 rings (SSSR count). The van der Waals surface area contributed by atoms with Gasteiger partial charge in [-0.15, -0.1) is 10.2 Å². The van der Waals surface area contributed by atoms with Gasteiger partial charge >= 0.3 is 0 Å². The van der Waals surface area contributed by atoms with Crippen molar-refractivity contribution >= 4 is 22.6 Å². The Morgan fingerprint density at radius 1 is 1.13 bits per heavy atom. The minimum absolute atomic E-state index is 0.00561. The summed E-state index contributed by atoms with van der Waals surface area (Å²) in [4.78, 5) is 30.9. The molecule has 158 valence electrons. The van der Waals surface area contributed by atoms with Gasteiger partial charge in [-0.3, -0.25) is 14.0 Å². The number of hydrogen-bond acceptors (Lipinski definition) is 4. The zero-order valence-electron chi connectivity index (χ0n) is 17.5. The molecule has 0 bridgehead atoms. The number of H-pyrrole nitrogens is 1. The Labute approximate surface area is 179 Å². The minimum atomic E-state index is -0.299. The van der Waals surface area contributed by atoms with Crippen molar-refractivity contribution in [2.75, 3.05) is 6.54 Å². The molecule has 4 aromatic rings. The molecule has 1 fully saturated rings. The van der Waals surface area contributed by atoms with Gasteiger partial charge in [0.1, 0.15) is 5.82 Å². The molecule has 0 aliphatic carbocycles. The van der Waals surface area contributed by atoms with E-state index in [4.69, 9.17) is 0 Å². The summed E-state index contributed by atoms with van der Waals surface area (Å²) in [6.45, 7) is 2.80. The van der Waals surface area contributed by atoms with Crippen molar-refractivity contribution < 1.29 is 4.79 Å². The lowest BCUT2D eigenvalue weighted by Crippen LogP contribution is -2.38. The van der Waals surface area contributed by atoms with Crippen LogP contribution in [0.2, 0.25) is 0 Å². The Morgan fingerprint density at radius 3 is 2.77 bits per heavy atom. The van der Waals surface area contributed by atoms with Crippen molar-refractivity contribution in [1.29, 1.82) is 0 Å². The molecule has 1 aliphatic rings. The van der Waals surface area contributed by atoms with E-state index in [1.54, 1.807) is 10.5 Å². The molecule has 2 aromatic carbocycles. The number of carbonyl (C=O) groups is 1. The van der Waals surface area contributed by atoms with Crippen LogP contribution in [0.15, 0.2) is 53.3 Å². The van der Waals surface area contributed by atoms with Gasteiger partial charge in [-0.1, -0.05) is 37.3 Å². The van der Waals surface area contributed by atoms with Gasteiger partial charge in [-0.2, -0.15) is 0 Å². The number of nitrogens with zero attached hydrogens (tertiary/aromatic N) is 4. The zero-order valence-corrected chi connectivity index (χ0v) is 17.5. The maximum absolute atomic E-state index is 13.5. The fraction of sp³-hybridized carbons (Fsp3) is 0.333. The van der Waals surface area contributed by atoms with Crippen LogP contribution in [0.3, 0.4) is 0 Å². The average molecular weight is 415 g/mol. The maximum Gasteiger partial charge on any atom is 0.294 e. The Balaban J connectivity index is 1.56. The molecule has 1 unspecified atom stereocenters. The molecule has 0 radical (unpaired) electrons. The number of aromatic amines is 1. The third kappa shape index (κ3) is 3.40. The molecular weight excluding hydrogens is 390 g/mol. The summed E-state index contributed by atoms with van der Waals surface area (Å²) >= 11 is 0. The third-order valence-electron chi connectivity index (χ3n) is 6.09. The van der Waals surface area contributed by atoms with Gasteiger partial charge in [-0.25, -0.2) is 0 Å². The van der Waals surface area contributed by atoms with Crippen LogP contribution < -0.4 is 5.56 Å². The van der Waals surface area contributed by atoms with Crippen molar-refractivity contribution in [3.63, 3.8) is 0 Å². The number of piperidine rings is 1. The molecular formula is C24H25N5O2. The molecule has 1 saturated heterocycles. The predicted molar refractivity (Wildman–Crippen MR) is 119 cm³/mol. The molecule has 31 heavy (non-hydrogen) atoms. The lowest BCUT2D eigenvalue weighted by molar-refractivity contribution is 0.0611. The number of nitrogens with one attached hydrogen (secondary N) is 1. The Kier molecular flexibility index (Phi) is 5.02. The highest BCUT2D eigenvalue weighted by Gasteiger charge is 2.29. The smallest absolute Gasteiger partial charge is 0.294 e. The van der Waals surface area contributed by atoms with Gasteiger partial charge in [0.25, 0.3) is 11.5 Å². The number of likely N-dealkylation sites (tertiary alicyclic amines) is 1. The molecule has 0 spiro atoms. The molecule has 2 aromatic heterocycles. The number of amides is 1. The van der Waals surface area contributed by atoms with E-state index in [1.807, 2.05) is 35.2 Å². The second-order valence-electron chi connectivity index (χ2n) is 8.13. The van der Waals surface area contributed by atoms with Crippen LogP contribution in [0.5, 0.6) is 0 Å². The lowest BCUT2D eigenvalue weighted by Gasteiger charge is -2.36. The van der Waals surface area contributed by atoms with Crippen LogP contribution in [-0.2, 0) is 6.42 Å². The highest BCUT2D eigenvalue weighted by Crippen LogP contribution is 2.32. The number of aromatic nitrogens is 4. The summed E-state index contributed by atoms with van der Waals surface area (Å²) in [6.07, 6.45) is 4.71. The monoisotopic (exact) mass is 415 g/mol. The normalized spacial score (nSPS) is 16.8. The van der Waals surface area contributed by atoms with Crippen molar-refractivity contribution in [2.45, 2.75) is 45.1 Å². The van der Waals surface area contributed by atoms with Gasteiger partial charge in [0.2, 0.25) is 5.65 Å². The second kappa shape index (κ2) is 7.98. The van der Waals surface area contributed by atoms with E-state index in [0.717, 1.165) is 50.0 Å². The average Bonchev–Trinajstić information content (AvgIpc) is 3.24. The summed E-state index contributed by atoms with van der Waals surface area (Å²) in [5.74, 6) is 0.752. The molecule has 3 heterocycles. The first-order chi connectivity index (χ1) is 15.2. The molecule has 1 aliphatic heterocycles. The Morgan fingerprint density at radius 2 is 1.97 bits per heavy atom. The van der Waals surface area contributed by atoms with E-state index in [-0.39, 0.29) is 23.2 Å². The first kappa shape index (κ1) is 19.5. The summed E-state index contributed by atoms with van der Waals surface area (Å²) in [6, 6.07) is 15.8. The van der Waals surface area contributed by atoms with Crippen molar-refractivity contribution in [1.82, 2.24) is 24.5 Å². The first-order valence-electron chi connectivity index (χ1n) is 10.9. The van der Waals surface area contributed by atoms with E-state index < -0.39 is 0 Å². The molecule has 1 N–H and O–H groups in total. The van der Waals surface area contributed by atoms with Gasteiger partial charge < -0.3 is 9.88 Å². The van der Waals surface area contributed by atoms with E-state index in [2.05, 4.69) is 34.2 Å². The zero-order chi connectivity index (χ0) is 21.4. The second-order valence-corrected chi connectivity index (χ2v) is 8.13. The van der Waals surface area contributed by atoms with Gasteiger partial charge in [0.05, 0.1) is 17.1 Å². The van der Waals surface area contributed by atoms with Crippen LogP contribution in [0.1, 0.15) is 60.4 Å². The summed E-state index contributed by atoms with van der Waals surface area (Å²) in [5.41, 5.74) is 3.16. The molecule has 0 saturated carbocycles. The number of rotatable bonds is 4. The number of hydrogen-bond donors (Lipinski definition) is 1. The summed E-state index contributed by atoms with van der Waals surface area (Å²) in [7, 11) is 0. The lowest BCUT2D eigenvalue weighted by atomic mass is 9.94. The minimum Gasteiger partial charge on any atom is -0.332 e. The number of aryl methyl sites for hydroxylation is 1. The van der Waals surface area contributed by atoms with Crippen LogP contribution in [0, 0.1) is 0 Å². The SMILES string of the molecule is CCCc1nnc2c(=O)[nH]c3cc(C(=O)N4CCCCC4c4ccccc4)ccc3n12. The fourth-order valence-corrected chi connectivity index (χ4v) is 4.61. The molecule has 7 nitrogen and oxygen atoms in total. The van der Waals surface area contributed by atoms with E-state index in [0.29, 0.717) is 11.1 Å². The molecule has 1 amide bonds. The van der Waals surface area contributed by atoms with Crippen LogP contribution in [-0.4, -0.2) is 36.9 Å². The van der Waals surface area contributed by atoms with E-state index in [9.17, 15) is 9.59 Å². The fourth-order valence-electron chi connectivity index (χ4n) is 4.61. The van der Waals surface area contributed by atoms with Crippen LogP contribution in [0.25, 0.3) is 16.7 Å². The Bertz CT molecular complexity index is 1310. The number of carbonyl (C=O) groups excluding carboxylic acids is 1. The van der Waals surface area contributed by atoms with Crippen molar-refractivity contribution in [3.8, 4) is 0 Å². The number of fused-ring (bicyclic) bond motifs is 3. The third-order valence-corrected chi connectivity index (χ3v) is 6.09. The standard InChI is InChI=1S/C24H25N5O2/c1-2-8-21-26-27-22-23(30)25-18-15-17(12-13-20(18)29(21)22)24(31)28-14-7-6-11-19(28)16-9-4-3-5-10-16/h3-5,9-10,12-13,15,19H,2,6-8,11,14H2,1H3,(H,25,30). The highest BCUT2D eigenvalue weighted by molar-refractivity contribution is 5.97. The molecule has 1 atom stereocenters. The quantitative estimate of drug-likeness (QED) is 0.548. The molecule has 7 heteroatoms. The van der Waals surface area contributed by atoms with Gasteiger partial charge in [0.15, 0.2) is 0 Å². The highest BCUT2D eigenvalue weighted by atomic mass is 16.2. The van der Waals surface area contributed by atoms with Gasteiger partial charge in [0, 0.05) is 18.5 Å². The largest absolute Gasteiger partial charge is 0.332 e. The predicted octanol–water partition coefficient (Wildman–Crippen LogP) is 3.89. The first-order valence-corrected chi connectivity index (χ1v) is 10.9. The van der Waals surface area contributed by atoms with Crippen LogP contribution in [0.4, 0.5) is 0 Å². The summed E-state index contributed by atoms with van der Waals surface area (Å²) < 4.78 is 1.81. The van der Waals surface area contributed by atoms with E-state index in [1.165, 1.54) is 5.56 Å². The van der Waals surface area contributed by atoms with Crippen molar-refractivity contribution in [3.05, 3.63) is 75.8 Å². The summed E-state index contributed by atoms with van der Waals surface area (Å²) in [5, 5.41) is 8.24. The van der Waals surface area contributed by atoms with Crippen LogP contribution >= 0.6 is 0 Å². The number of benzene rings is 2. The Hall–Kier alpha value is -3.48. The van der Waals surface area contributed by atoms with E-state index >= 15 is 0 Å². The maximum atomic E-state index is 13.5. The van der Waals surface area contributed by atoms with Gasteiger partial charge in [-0.05, 0) is 49.4 Å².